The molecule has 0 aliphatic heterocycles. The lowest BCUT2D eigenvalue weighted by molar-refractivity contribution is 0.0839. The first-order chi connectivity index (χ1) is 3.50. The lowest BCUT2D eigenvalue weighted by Crippen LogP contribution is -2.35. The molecule has 2 unspecified atom stereocenters. The van der Waals surface area contributed by atoms with E-state index in [1.165, 1.54) is 0 Å². The van der Waals surface area contributed by atoms with Gasteiger partial charge in [-0.3, -0.25) is 0 Å². The van der Waals surface area contributed by atoms with Crippen molar-refractivity contribution in [2.24, 2.45) is 0 Å². The average molecular weight is 157 g/mol. The van der Waals surface area contributed by atoms with Crippen LogP contribution in [0.2, 0.25) is 0 Å². The molecule has 0 heterocycles. The molecule has 50 valence electrons. The Morgan fingerprint density at radius 2 is 2.12 bits per heavy atom. The van der Waals surface area contributed by atoms with E-state index in [0.29, 0.717) is 0 Å². The van der Waals surface area contributed by atoms with Crippen molar-refractivity contribution in [1.82, 2.24) is 0 Å². The third-order valence-corrected chi connectivity index (χ3v) is 2.14. The quantitative estimate of drug-likeness (QED) is 0.603. The van der Waals surface area contributed by atoms with E-state index < -0.39 is 5.60 Å². The topological polar surface area (TPSA) is 20.2 Å². The summed E-state index contributed by atoms with van der Waals surface area (Å²) in [6.07, 6.45) is 0. The Balaban J connectivity index is 3.71. The van der Waals surface area contributed by atoms with Gasteiger partial charge in [0.2, 0.25) is 0 Å². The molecule has 0 aromatic carbocycles. The Hall–Kier alpha value is 0.540. The Labute approximate surface area is 59.6 Å². The molecule has 0 aliphatic carbocycles. The second-order valence-electron chi connectivity index (χ2n) is 2.11. The van der Waals surface area contributed by atoms with Gasteiger partial charge in [-0.15, -0.1) is 23.2 Å². The summed E-state index contributed by atoms with van der Waals surface area (Å²) in [6, 6.07) is 0. The van der Waals surface area contributed by atoms with Gasteiger partial charge in [0.05, 0.1) is 16.9 Å². The molecule has 0 fully saturated rings. The minimum Gasteiger partial charge on any atom is -0.387 e. The van der Waals surface area contributed by atoms with Crippen molar-refractivity contribution < 1.29 is 5.11 Å². The predicted octanol–water partition coefficient (Wildman–Crippen LogP) is 1.60. The molecule has 0 aromatic heterocycles. The van der Waals surface area contributed by atoms with Crippen LogP contribution < -0.4 is 0 Å². The lowest BCUT2D eigenvalue weighted by Gasteiger charge is -2.22. The summed E-state index contributed by atoms with van der Waals surface area (Å²) < 4.78 is 0. The van der Waals surface area contributed by atoms with Crippen LogP contribution >= 0.6 is 23.2 Å². The van der Waals surface area contributed by atoms with Crippen LogP contribution in [0.5, 0.6) is 0 Å². The molecule has 0 saturated carbocycles. The van der Waals surface area contributed by atoms with Crippen LogP contribution in [0.15, 0.2) is 0 Å². The highest BCUT2D eigenvalue weighted by atomic mass is 35.5. The molecule has 2 atom stereocenters. The molecule has 8 heavy (non-hydrogen) atoms. The van der Waals surface area contributed by atoms with E-state index in [4.69, 9.17) is 28.3 Å². The first kappa shape index (κ1) is 8.54. The van der Waals surface area contributed by atoms with Crippen LogP contribution in [0.4, 0.5) is 0 Å². The SMILES string of the molecule is CC(Cl)C(C)(O)CCl. The van der Waals surface area contributed by atoms with E-state index in [-0.39, 0.29) is 11.3 Å². The van der Waals surface area contributed by atoms with Crippen LogP contribution in [-0.4, -0.2) is 22.0 Å². The van der Waals surface area contributed by atoms with Gasteiger partial charge in [-0.2, -0.15) is 0 Å². The zero-order valence-electron chi connectivity index (χ0n) is 4.99. The highest BCUT2D eigenvalue weighted by molar-refractivity contribution is 6.23. The van der Waals surface area contributed by atoms with E-state index in [1.807, 2.05) is 0 Å². The van der Waals surface area contributed by atoms with Gasteiger partial charge in [0.15, 0.2) is 0 Å². The third kappa shape index (κ3) is 2.21. The van der Waals surface area contributed by atoms with Crippen molar-refractivity contribution in [3.63, 3.8) is 0 Å². The van der Waals surface area contributed by atoms with Crippen molar-refractivity contribution in [2.45, 2.75) is 24.8 Å². The molecule has 3 heteroatoms. The summed E-state index contributed by atoms with van der Waals surface area (Å²) in [7, 11) is 0. The Morgan fingerprint density at radius 1 is 1.75 bits per heavy atom. The number of halogens is 2. The van der Waals surface area contributed by atoms with Crippen LogP contribution in [0, 0.1) is 0 Å². The molecular weight excluding hydrogens is 147 g/mol. The zero-order valence-corrected chi connectivity index (χ0v) is 6.50. The van der Waals surface area contributed by atoms with E-state index in [1.54, 1.807) is 13.8 Å². The highest BCUT2D eigenvalue weighted by Gasteiger charge is 2.24. The number of hydrogen-bond donors (Lipinski definition) is 1. The Morgan fingerprint density at radius 3 is 2.12 bits per heavy atom. The molecule has 0 rings (SSSR count). The van der Waals surface area contributed by atoms with Gasteiger partial charge in [0, 0.05) is 0 Å². The minimum atomic E-state index is -0.927. The fourth-order valence-electron chi connectivity index (χ4n) is 0.106. The van der Waals surface area contributed by atoms with Crippen molar-refractivity contribution in [3.8, 4) is 0 Å². The van der Waals surface area contributed by atoms with Crippen LogP contribution in [0.25, 0.3) is 0 Å². The summed E-state index contributed by atoms with van der Waals surface area (Å²) in [5, 5.41) is 8.84. The smallest absolute Gasteiger partial charge is 0.0914 e. The summed E-state index contributed by atoms with van der Waals surface area (Å²) in [6.45, 7) is 3.32. The van der Waals surface area contributed by atoms with E-state index in [0.717, 1.165) is 0 Å². The minimum absolute atomic E-state index is 0.178. The number of aliphatic hydroxyl groups is 1. The zero-order chi connectivity index (χ0) is 6.78. The van der Waals surface area contributed by atoms with E-state index in [9.17, 15) is 0 Å². The van der Waals surface area contributed by atoms with Crippen molar-refractivity contribution in [3.05, 3.63) is 0 Å². The highest BCUT2D eigenvalue weighted by Crippen LogP contribution is 2.16. The van der Waals surface area contributed by atoms with Crippen LogP contribution in [0.1, 0.15) is 13.8 Å². The summed E-state index contributed by atoms with van der Waals surface area (Å²) in [4.78, 5) is 0. The average Bonchev–Trinajstić information content (AvgIpc) is 1.67. The molecule has 0 aromatic rings. The lowest BCUT2D eigenvalue weighted by atomic mass is 10.1. The number of rotatable bonds is 2. The maximum absolute atomic E-state index is 9.14. The number of hydrogen-bond acceptors (Lipinski definition) is 1. The summed E-state index contributed by atoms with van der Waals surface area (Å²) in [5.41, 5.74) is -0.927. The molecule has 0 amide bonds. The molecule has 0 aliphatic rings. The van der Waals surface area contributed by atoms with Gasteiger partial charge < -0.3 is 5.11 Å². The fraction of sp³-hybridized carbons (Fsp3) is 1.00. The van der Waals surface area contributed by atoms with E-state index >= 15 is 0 Å². The molecule has 1 N–H and O–H groups in total. The van der Waals surface area contributed by atoms with Gasteiger partial charge in [-0.25, -0.2) is 0 Å². The fourth-order valence-corrected chi connectivity index (χ4v) is 0.494. The second kappa shape index (κ2) is 2.90. The van der Waals surface area contributed by atoms with Crippen LogP contribution in [0.3, 0.4) is 0 Å². The van der Waals surface area contributed by atoms with E-state index in [2.05, 4.69) is 0 Å². The van der Waals surface area contributed by atoms with Gasteiger partial charge in [0.25, 0.3) is 0 Å². The third-order valence-electron chi connectivity index (χ3n) is 1.13. The largest absolute Gasteiger partial charge is 0.387 e. The normalized spacial score (nSPS) is 22.1. The van der Waals surface area contributed by atoms with Gasteiger partial charge in [-0.05, 0) is 13.8 Å². The van der Waals surface area contributed by atoms with Crippen molar-refractivity contribution in [2.75, 3.05) is 5.88 Å². The molecule has 1 nitrogen and oxygen atoms in total. The van der Waals surface area contributed by atoms with Gasteiger partial charge >= 0.3 is 0 Å². The maximum atomic E-state index is 9.14. The Kier molecular flexibility index (Phi) is 3.10. The molecule has 0 saturated heterocycles. The second-order valence-corrected chi connectivity index (χ2v) is 3.03. The van der Waals surface area contributed by atoms with Crippen molar-refractivity contribution >= 4 is 23.2 Å². The monoisotopic (exact) mass is 156 g/mol. The maximum Gasteiger partial charge on any atom is 0.0914 e. The summed E-state index contributed by atoms with van der Waals surface area (Å²) in [5.74, 6) is 0.178. The standard InChI is InChI=1S/C5H10Cl2O/c1-4(7)5(2,8)3-6/h4,8H,3H2,1-2H3. The van der Waals surface area contributed by atoms with Gasteiger partial charge in [-0.1, -0.05) is 0 Å². The van der Waals surface area contributed by atoms with Crippen LogP contribution in [-0.2, 0) is 0 Å². The molecule has 0 bridgehead atoms. The van der Waals surface area contributed by atoms with Crippen molar-refractivity contribution in [1.29, 1.82) is 0 Å². The molecular formula is C5H10Cl2O. The molecule has 0 radical (unpaired) electrons. The molecule has 0 spiro atoms. The first-order valence-corrected chi connectivity index (χ1v) is 3.40. The first-order valence-electron chi connectivity index (χ1n) is 2.43. The van der Waals surface area contributed by atoms with Gasteiger partial charge in [0.1, 0.15) is 0 Å². The predicted molar refractivity (Wildman–Crippen MR) is 36.7 cm³/mol. The summed E-state index contributed by atoms with van der Waals surface area (Å²) >= 11 is 10.9. The Bertz CT molecular complexity index is 70.8. The number of alkyl halides is 2.